The zero-order valence-corrected chi connectivity index (χ0v) is 17.5. The number of amides is 1. The van der Waals surface area contributed by atoms with Crippen LogP contribution >= 0.6 is 27.3 Å². The van der Waals surface area contributed by atoms with E-state index in [9.17, 15) is 9.18 Å². The van der Waals surface area contributed by atoms with Crippen LogP contribution in [0.25, 0.3) is 10.2 Å². The summed E-state index contributed by atoms with van der Waals surface area (Å²) in [5.41, 5.74) is 1.27. The fraction of sp³-hybridized carbons (Fsp3) is 0.300. The van der Waals surface area contributed by atoms with Gasteiger partial charge in [0.25, 0.3) is 5.91 Å². The first-order chi connectivity index (χ1) is 13.6. The van der Waals surface area contributed by atoms with Gasteiger partial charge in [0, 0.05) is 30.7 Å². The van der Waals surface area contributed by atoms with E-state index in [1.165, 1.54) is 23.5 Å². The largest absolute Gasteiger partial charge is 0.379 e. The molecule has 1 aliphatic rings. The van der Waals surface area contributed by atoms with E-state index in [0.29, 0.717) is 36.0 Å². The van der Waals surface area contributed by atoms with Crippen molar-refractivity contribution in [1.82, 2.24) is 9.88 Å². The van der Waals surface area contributed by atoms with E-state index >= 15 is 0 Å². The van der Waals surface area contributed by atoms with Gasteiger partial charge in [-0.15, -0.1) is 0 Å². The molecular weight excluding hydrogens is 445 g/mol. The Morgan fingerprint density at radius 3 is 2.82 bits per heavy atom. The van der Waals surface area contributed by atoms with Crippen molar-refractivity contribution < 1.29 is 13.9 Å². The van der Waals surface area contributed by atoms with Gasteiger partial charge in [0.2, 0.25) is 0 Å². The minimum atomic E-state index is -0.306. The van der Waals surface area contributed by atoms with Crippen LogP contribution in [0.4, 0.5) is 9.52 Å². The zero-order valence-electron chi connectivity index (χ0n) is 15.1. The average Bonchev–Trinajstić information content (AvgIpc) is 3.12. The Hall–Kier alpha value is -1.87. The molecule has 8 heteroatoms. The summed E-state index contributed by atoms with van der Waals surface area (Å²) in [5.74, 6) is -0.431. The number of hydrogen-bond donors (Lipinski definition) is 0. The molecule has 4 rings (SSSR count). The highest BCUT2D eigenvalue weighted by Gasteiger charge is 2.24. The second-order valence-corrected chi connectivity index (χ2v) is 8.36. The lowest BCUT2D eigenvalue weighted by Gasteiger charge is -2.29. The number of rotatable bonds is 5. The molecule has 0 spiro atoms. The number of morpholine rings is 1. The SMILES string of the molecule is O=C(c1ccccc1Br)N(CCN1CCOCC1)c1nc2ccc(F)cc2s1. The summed E-state index contributed by atoms with van der Waals surface area (Å²) in [4.78, 5) is 21.9. The molecule has 28 heavy (non-hydrogen) atoms. The summed E-state index contributed by atoms with van der Waals surface area (Å²) in [7, 11) is 0. The second-order valence-electron chi connectivity index (χ2n) is 6.50. The number of fused-ring (bicyclic) bond motifs is 1. The molecule has 0 unspecified atom stereocenters. The number of carbonyl (C=O) groups is 1. The highest BCUT2D eigenvalue weighted by Crippen LogP contribution is 2.31. The number of nitrogens with zero attached hydrogens (tertiary/aromatic N) is 3. The third-order valence-electron chi connectivity index (χ3n) is 4.66. The van der Waals surface area contributed by atoms with Gasteiger partial charge in [0.1, 0.15) is 5.82 Å². The molecule has 1 aromatic heterocycles. The molecule has 0 aliphatic carbocycles. The van der Waals surface area contributed by atoms with E-state index in [4.69, 9.17) is 4.74 Å². The molecule has 1 amide bonds. The maximum absolute atomic E-state index is 13.6. The summed E-state index contributed by atoms with van der Waals surface area (Å²) in [6, 6.07) is 11.8. The first-order valence-corrected chi connectivity index (χ1v) is 10.7. The topological polar surface area (TPSA) is 45.7 Å². The molecule has 2 heterocycles. The summed E-state index contributed by atoms with van der Waals surface area (Å²) in [5, 5.41) is 0.578. The Balaban J connectivity index is 1.65. The predicted molar refractivity (Wildman–Crippen MR) is 113 cm³/mol. The quantitative estimate of drug-likeness (QED) is 0.569. The van der Waals surface area contributed by atoms with Crippen molar-refractivity contribution in [1.29, 1.82) is 0 Å². The van der Waals surface area contributed by atoms with Crippen molar-refractivity contribution in [3.8, 4) is 0 Å². The molecule has 0 saturated carbocycles. The Morgan fingerprint density at radius 1 is 1.25 bits per heavy atom. The summed E-state index contributed by atoms with van der Waals surface area (Å²) in [6.45, 7) is 4.34. The van der Waals surface area contributed by atoms with Gasteiger partial charge < -0.3 is 4.74 Å². The minimum absolute atomic E-state index is 0.125. The van der Waals surface area contributed by atoms with Crippen LogP contribution in [0.2, 0.25) is 0 Å². The van der Waals surface area contributed by atoms with Crippen molar-refractivity contribution in [3.63, 3.8) is 0 Å². The highest BCUT2D eigenvalue weighted by atomic mass is 79.9. The van der Waals surface area contributed by atoms with Crippen molar-refractivity contribution >= 4 is 48.5 Å². The van der Waals surface area contributed by atoms with Crippen molar-refractivity contribution in [2.75, 3.05) is 44.3 Å². The van der Waals surface area contributed by atoms with Crippen LogP contribution in [0.3, 0.4) is 0 Å². The Morgan fingerprint density at radius 2 is 2.04 bits per heavy atom. The predicted octanol–water partition coefficient (Wildman–Crippen LogP) is 4.18. The molecule has 146 valence electrons. The van der Waals surface area contributed by atoms with E-state index in [1.54, 1.807) is 17.0 Å². The number of aromatic nitrogens is 1. The van der Waals surface area contributed by atoms with Crippen molar-refractivity contribution in [2.24, 2.45) is 0 Å². The van der Waals surface area contributed by atoms with E-state index in [0.717, 1.165) is 28.8 Å². The van der Waals surface area contributed by atoms with Gasteiger partial charge in [-0.3, -0.25) is 14.6 Å². The third kappa shape index (κ3) is 4.25. The van der Waals surface area contributed by atoms with Crippen LogP contribution < -0.4 is 4.90 Å². The van der Waals surface area contributed by atoms with Crippen LogP contribution in [0.5, 0.6) is 0 Å². The molecule has 5 nitrogen and oxygen atoms in total. The lowest BCUT2D eigenvalue weighted by Crippen LogP contribution is -2.43. The maximum Gasteiger partial charge on any atom is 0.261 e. The Labute approximate surface area is 174 Å². The average molecular weight is 464 g/mol. The van der Waals surface area contributed by atoms with Crippen molar-refractivity contribution in [3.05, 3.63) is 58.3 Å². The van der Waals surface area contributed by atoms with Crippen LogP contribution in [0, 0.1) is 5.82 Å². The molecule has 0 bridgehead atoms. The third-order valence-corrected chi connectivity index (χ3v) is 6.40. The highest BCUT2D eigenvalue weighted by molar-refractivity contribution is 9.10. The minimum Gasteiger partial charge on any atom is -0.379 e. The smallest absolute Gasteiger partial charge is 0.261 e. The van der Waals surface area contributed by atoms with Gasteiger partial charge >= 0.3 is 0 Å². The molecule has 1 aliphatic heterocycles. The van der Waals surface area contributed by atoms with Gasteiger partial charge in [-0.05, 0) is 46.3 Å². The molecule has 2 aromatic carbocycles. The standard InChI is InChI=1S/C20H19BrFN3O2S/c21-16-4-2-1-3-15(16)19(26)25(8-7-24-9-11-27-12-10-24)20-23-17-6-5-14(22)13-18(17)28-20/h1-6,13H,7-12H2. The number of anilines is 1. The number of hydrogen-bond acceptors (Lipinski definition) is 5. The molecule has 1 fully saturated rings. The monoisotopic (exact) mass is 463 g/mol. The molecule has 0 N–H and O–H groups in total. The molecular formula is C20H19BrFN3O2S. The summed E-state index contributed by atoms with van der Waals surface area (Å²) < 4.78 is 20.5. The van der Waals surface area contributed by atoms with Crippen LogP contribution in [-0.2, 0) is 4.74 Å². The number of thiazole rings is 1. The van der Waals surface area contributed by atoms with Gasteiger partial charge in [0.05, 0.1) is 29.0 Å². The fourth-order valence-electron chi connectivity index (χ4n) is 3.13. The number of benzene rings is 2. The van der Waals surface area contributed by atoms with Crippen LogP contribution in [0.15, 0.2) is 46.9 Å². The zero-order chi connectivity index (χ0) is 19.5. The van der Waals surface area contributed by atoms with Gasteiger partial charge in [-0.1, -0.05) is 23.5 Å². The Bertz CT molecular complexity index is 990. The second kappa shape index (κ2) is 8.65. The van der Waals surface area contributed by atoms with E-state index in [2.05, 4.69) is 25.8 Å². The molecule has 1 saturated heterocycles. The number of halogens is 2. The van der Waals surface area contributed by atoms with E-state index in [-0.39, 0.29) is 11.7 Å². The lowest BCUT2D eigenvalue weighted by molar-refractivity contribution is 0.0391. The van der Waals surface area contributed by atoms with Crippen molar-refractivity contribution in [2.45, 2.75) is 0 Å². The van der Waals surface area contributed by atoms with Gasteiger partial charge in [0.15, 0.2) is 5.13 Å². The number of carbonyl (C=O) groups excluding carboxylic acids is 1. The number of ether oxygens (including phenoxy) is 1. The first-order valence-electron chi connectivity index (χ1n) is 9.04. The molecule has 0 radical (unpaired) electrons. The summed E-state index contributed by atoms with van der Waals surface area (Å²) in [6.07, 6.45) is 0. The van der Waals surface area contributed by atoms with Crippen LogP contribution in [0.1, 0.15) is 10.4 Å². The first kappa shape index (κ1) is 19.4. The van der Waals surface area contributed by atoms with Crippen LogP contribution in [-0.4, -0.2) is 55.2 Å². The molecule has 0 atom stereocenters. The lowest BCUT2D eigenvalue weighted by atomic mass is 10.2. The fourth-order valence-corrected chi connectivity index (χ4v) is 4.60. The summed E-state index contributed by atoms with van der Waals surface area (Å²) >= 11 is 4.80. The van der Waals surface area contributed by atoms with E-state index < -0.39 is 0 Å². The van der Waals surface area contributed by atoms with E-state index in [1.807, 2.05) is 18.2 Å². The Kier molecular flexibility index (Phi) is 6.01. The molecule has 3 aromatic rings. The van der Waals surface area contributed by atoms with Gasteiger partial charge in [-0.25, -0.2) is 9.37 Å². The maximum atomic E-state index is 13.6. The normalized spacial score (nSPS) is 15.1. The van der Waals surface area contributed by atoms with Gasteiger partial charge in [-0.2, -0.15) is 0 Å².